The quantitative estimate of drug-likeness (QED) is 0.840. The van der Waals surface area contributed by atoms with Crippen molar-refractivity contribution in [3.05, 3.63) is 34.4 Å². The van der Waals surface area contributed by atoms with Crippen molar-refractivity contribution < 1.29 is 8.42 Å². The lowest BCUT2D eigenvalue weighted by molar-refractivity contribution is 0.597. The number of hydrogen-bond acceptors (Lipinski definition) is 6. The highest BCUT2D eigenvalue weighted by atomic mass is 32.2. The van der Waals surface area contributed by atoms with Gasteiger partial charge in [-0.25, -0.2) is 23.5 Å². The SMILES string of the molecule is CCc1cnc(CCNc2ncccc2S(N)(=O)=O)s1. The molecule has 0 bridgehead atoms. The van der Waals surface area contributed by atoms with Gasteiger partial charge in [0.05, 0.1) is 5.01 Å². The van der Waals surface area contributed by atoms with Crippen molar-refractivity contribution in [2.45, 2.75) is 24.7 Å². The third kappa shape index (κ3) is 3.75. The van der Waals surface area contributed by atoms with Crippen LogP contribution >= 0.6 is 11.3 Å². The maximum absolute atomic E-state index is 11.4. The molecule has 0 aliphatic heterocycles. The maximum Gasteiger partial charge on any atom is 0.241 e. The predicted octanol–water partition coefficient (Wildman–Crippen LogP) is 1.40. The highest BCUT2D eigenvalue weighted by Crippen LogP contribution is 2.17. The fraction of sp³-hybridized carbons (Fsp3) is 0.333. The lowest BCUT2D eigenvalue weighted by Gasteiger charge is -2.08. The molecule has 3 N–H and O–H groups in total. The summed E-state index contributed by atoms with van der Waals surface area (Å²) in [5.41, 5.74) is 0. The summed E-state index contributed by atoms with van der Waals surface area (Å²) in [5, 5.41) is 9.15. The molecule has 6 nitrogen and oxygen atoms in total. The van der Waals surface area contributed by atoms with Crippen molar-refractivity contribution in [3.8, 4) is 0 Å². The van der Waals surface area contributed by atoms with E-state index in [1.54, 1.807) is 17.4 Å². The molecule has 0 atom stereocenters. The minimum atomic E-state index is -3.77. The van der Waals surface area contributed by atoms with E-state index in [0.717, 1.165) is 11.4 Å². The molecule has 0 aromatic carbocycles. The third-order valence-corrected chi connectivity index (χ3v) is 4.80. The average molecular weight is 312 g/mol. The maximum atomic E-state index is 11.4. The molecule has 0 saturated carbocycles. The summed E-state index contributed by atoms with van der Waals surface area (Å²) >= 11 is 1.66. The Hall–Kier alpha value is -1.51. The topological polar surface area (TPSA) is 98.0 Å². The van der Waals surface area contributed by atoms with Gasteiger partial charge in [-0.15, -0.1) is 11.3 Å². The van der Waals surface area contributed by atoms with E-state index < -0.39 is 10.0 Å². The number of aromatic nitrogens is 2. The number of rotatable bonds is 6. The van der Waals surface area contributed by atoms with E-state index in [9.17, 15) is 8.42 Å². The largest absolute Gasteiger partial charge is 0.369 e. The van der Waals surface area contributed by atoms with Gasteiger partial charge in [-0.2, -0.15) is 0 Å². The van der Waals surface area contributed by atoms with E-state index in [1.165, 1.54) is 17.1 Å². The first-order valence-corrected chi connectivity index (χ1v) is 8.52. The summed E-state index contributed by atoms with van der Waals surface area (Å²) in [6.07, 6.45) is 5.08. The summed E-state index contributed by atoms with van der Waals surface area (Å²) < 4.78 is 22.8. The summed E-state index contributed by atoms with van der Waals surface area (Å²) in [7, 11) is -3.77. The zero-order valence-corrected chi connectivity index (χ0v) is 12.7. The Morgan fingerprint density at radius 1 is 1.40 bits per heavy atom. The number of pyridine rings is 1. The van der Waals surface area contributed by atoms with Crippen LogP contribution in [0.2, 0.25) is 0 Å². The van der Waals surface area contributed by atoms with Crippen LogP contribution in [0, 0.1) is 0 Å². The summed E-state index contributed by atoms with van der Waals surface area (Å²) in [5.74, 6) is 0.280. The average Bonchev–Trinajstić information content (AvgIpc) is 2.86. The number of nitrogens with one attached hydrogen (secondary N) is 1. The van der Waals surface area contributed by atoms with Gasteiger partial charge in [0.1, 0.15) is 10.7 Å². The van der Waals surface area contributed by atoms with Crippen molar-refractivity contribution in [1.82, 2.24) is 9.97 Å². The molecule has 0 fully saturated rings. The lowest BCUT2D eigenvalue weighted by Crippen LogP contribution is -2.16. The van der Waals surface area contributed by atoms with Crippen LogP contribution in [0.4, 0.5) is 5.82 Å². The van der Waals surface area contributed by atoms with E-state index >= 15 is 0 Å². The first kappa shape index (κ1) is 14.9. The number of nitrogens with zero attached hydrogens (tertiary/aromatic N) is 2. The number of thiazole rings is 1. The number of nitrogens with two attached hydrogens (primary N) is 1. The summed E-state index contributed by atoms with van der Waals surface area (Å²) in [6.45, 7) is 2.64. The molecule has 108 valence electrons. The van der Waals surface area contributed by atoms with Crippen molar-refractivity contribution in [3.63, 3.8) is 0 Å². The van der Waals surface area contributed by atoms with Crippen LogP contribution in [-0.4, -0.2) is 24.9 Å². The van der Waals surface area contributed by atoms with Gasteiger partial charge in [-0.3, -0.25) is 0 Å². The minimum absolute atomic E-state index is 0.00776. The zero-order chi connectivity index (χ0) is 14.6. The van der Waals surface area contributed by atoms with Gasteiger partial charge in [0, 0.05) is 30.2 Å². The molecule has 0 radical (unpaired) electrons. The van der Waals surface area contributed by atoms with Gasteiger partial charge in [0.25, 0.3) is 0 Å². The molecular weight excluding hydrogens is 296 g/mol. The fourth-order valence-corrected chi connectivity index (χ4v) is 3.19. The van der Waals surface area contributed by atoms with Crippen LogP contribution in [-0.2, 0) is 22.9 Å². The van der Waals surface area contributed by atoms with E-state index in [-0.39, 0.29) is 10.7 Å². The van der Waals surface area contributed by atoms with Crippen LogP contribution in [0.25, 0.3) is 0 Å². The molecule has 20 heavy (non-hydrogen) atoms. The van der Waals surface area contributed by atoms with E-state index in [4.69, 9.17) is 5.14 Å². The second-order valence-electron chi connectivity index (χ2n) is 4.15. The highest BCUT2D eigenvalue weighted by Gasteiger charge is 2.14. The Balaban J connectivity index is 2.01. The van der Waals surface area contributed by atoms with Crippen molar-refractivity contribution in [2.24, 2.45) is 5.14 Å². The molecule has 0 spiro atoms. The molecule has 0 aliphatic rings. The molecule has 0 saturated heterocycles. The Kier molecular flexibility index (Phi) is 4.69. The summed E-state index contributed by atoms with van der Waals surface area (Å²) in [6, 6.07) is 2.97. The number of anilines is 1. The van der Waals surface area contributed by atoms with Gasteiger partial charge in [0.2, 0.25) is 10.0 Å². The monoisotopic (exact) mass is 312 g/mol. The number of sulfonamides is 1. The molecule has 8 heteroatoms. The molecule has 2 aromatic heterocycles. The van der Waals surface area contributed by atoms with Gasteiger partial charge in [-0.1, -0.05) is 6.92 Å². The van der Waals surface area contributed by atoms with Crippen LogP contribution in [0.5, 0.6) is 0 Å². The normalized spacial score (nSPS) is 11.5. The molecule has 0 unspecified atom stereocenters. The third-order valence-electron chi connectivity index (χ3n) is 2.66. The van der Waals surface area contributed by atoms with Crippen molar-refractivity contribution in [2.75, 3.05) is 11.9 Å². The standard InChI is InChI=1S/C12H16N4O2S2/c1-2-9-8-16-11(19-9)5-7-15-12-10(20(13,17)18)4-3-6-14-12/h3-4,6,8H,2,5,7H2,1H3,(H,14,15)(H2,13,17,18). The van der Waals surface area contributed by atoms with Crippen LogP contribution in [0.1, 0.15) is 16.8 Å². The highest BCUT2D eigenvalue weighted by molar-refractivity contribution is 7.89. The Bertz CT molecular complexity index is 682. The van der Waals surface area contributed by atoms with E-state index in [0.29, 0.717) is 13.0 Å². The fourth-order valence-electron chi connectivity index (χ4n) is 1.67. The molecule has 2 aromatic rings. The molecule has 2 heterocycles. The second kappa shape index (κ2) is 6.29. The molecule has 0 aliphatic carbocycles. The number of aryl methyl sites for hydroxylation is 1. The van der Waals surface area contributed by atoms with Gasteiger partial charge in [0.15, 0.2) is 0 Å². The minimum Gasteiger partial charge on any atom is -0.369 e. The Labute approximate surface area is 122 Å². The molecule has 0 amide bonds. The molecular formula is C12H16N4O2S2. The Morgan fingerprint density at radius 2 is 2.20 bits per heavy atom. The van der Waals surface area contributed by atoms with Crippen LogP contribution in [0.15, 0.2) is 29.4 Å². The first-order chi connectivity index (χ1) is 9.50. The van der Waals surface area contributed by atoms with Crippen molar-refractivity contribution in [1.29, 1.82) is 0 Å². The second-order valence-corrected chi connectivity index (χ2v) is 6.88. The lowest BCUT2D eigenvalue weighted by atomic mass is 10.4. The van der Waals surface area contributed by atoms with Gasteiger partial charge < -0.3 is 5.32 Å². The van der Waals surface area contributed by atoms with E-state index in [1.807, 2.05) is 6.20 Å². The number of hydrogen-bond donors (Lipinski definition) is 2. The number of primary sulfonamides is 1. The molecule has 2 rings (SSSR count). The van der Waals surface area contributed by atoms with Crippen molar-refractivity contribution >= 4 is 27.2 Å². The van der Waals surface area contributed by atoms with Crippen LogP contribution < -0.4 is 10.5 Å². The van der Waals surface area contributed by atoms with E-state index in [2.05, 4.69) is 22.2 Å². The smallest absolute Gasteiger partial charge is 0.241 e. The van der Waals surface area contributed by atoms with Gasteiger partial charge in [-0.05, 0) is 18.6 Å². The first-order valence-electron chi connectivity index (χ1n) is 6.16. The Morgan fingerprint density at radius 3 is 2.85 bits per heavy atom. The zero-order valence-electron chi connectivity index (χ0n) is 11.0. The van der Waals surface area contributed by atoms with Crippen LogP contribution in [0.3, 0.4) is 0 Å². The van der Waals surface area contributed by atoms with Gasteiger partial charge >= 0.3 is 0 Å². The summed E-state index contributed by atoms with van der Waals surface area (Å²) in [4.78, 5) is 9.56. The predicted molar refractivity (Wildman–Crippen MR) is 79.3 cm³/mol.